The number of fused-ring (bicyclic) bond motifs is 2. The highest BCUT2D eigenvalue weighted by Gasteiger charge is 2.33. The molecule has 0 aliphatic carbocycles. The number of nitrogens with zero attached hydrogens (tertiary/aromatic N) is 2. The SMILES string of the molecule is C=CCOc1ccc(C2C(C(=O)OCC)=C(C)N=c3s/c(=C\c4cccc5ccccc45)c(=O)n32)cc1. The molecule has 1 unspecified atom stereocenters. The Morgan fingerprint density at radius 1 is 1.11 bits per heavy atom. The number of esters is 1. The topological polar surface area (TPSA) is 69.9 Å². The zero-order valence-corrected chi connectivity index (χ0v) is 21.5. The number of benzene rings is 3. The van der Waals surface area contributed by atoms with Gasteiger partial charge in [-0.1, -0.05) is 78.6 Å². The second-order valence-corrected chi connectivity index (χ2v) is 9.55. The molecule has 186 valence electrons. The van der Waals surface area contributed by atoms with Crippen LogP contribution in [0.5, 0.6) is 5.75 Å². The summed E-state index contributed by atoms with van der Waals surface area (Å²) in [5.41, 5.74) is 2.40. The lowest BCUT2D eigenvalue weighted by molar-refractivity contribution is -0.139. The number of hydrogen-bond acceptors (Lipinski definition) is 6. The van der Waals surface area contributed by atoms with Crippen LogP contribution in [-0.2, 0) is 9.53 Å². The van der Waals surface area contributed by atoms with Crippen LogP contribution in [0.15, 0.2) is 100 Å². The van der Waals surface area contributed by atoms with Crippen molar-refractivity contribution in [3.63, 3.8) is 0 Å². The summed E-state index contributed by atoms with van der Waals surface area (Å²) < 4.78 is 13.1. The lowest BCUT2D eigenvalue weighted by Gasteiger charge is -2.24. The number of thiazole rings is 1. The van der Waals surface area contributed by atoms with E-state index in [2.05, 4.69) is 11.6 Å². The van der Waals surface area contributed by atoms with Gasteiger partial charge in [-0.25, -0.2) is 9.79 Å². The molecule has 0 fully saturated rings. The molecular formula is C30H26N2O4S. The number of carbonyl (C=O) groups excluding carboxylic acids is 1. The third-order valence-corrected chi connectivity index (χ3v) is 7.17. The minimum absolute atomic E-state index is 0.206. The summed E-state index contributed by atoms with van der Waals surface area (Å²) >= 11 is 1.32. The average Bonchev–Trinajstić information content (AvgIpc) is 3.21. The van der Waals surface area contributed by atoms with Crippen molar-refractivity contribution in [3.05, 3.63) is 121 Å². The molecule has 0 spiro atoms. The molecular weight excluding hydrogens is 484 g/mol. The molecule has 6 nitrogen and oxygen atoms in total. The molecule has 4 aromatic rings. The smallest absolute Gasteiger partial charge is 0.338 e. The maximum absolute atomic E-state index is 13.9. The van der Waals surface area contributed by atoms with Gasteiger partial charge in [0.15, 0.2) is 4.80 Å². The first-order valence-electron chi connectivity index (χ1n) is 12.0. The summed E-state index contributed by atoms with van der Waals surface area (Å²) in [6.07, 6.45) is 3.57. The van der Waals surface area contributed by atoms with Gasteiger partial charge >= 0.3 is 5.97 Å². The highest BCUT2D eigenvalue weighted by Crippen LogP contribution is 2.31. The van der Waals surface area contributed by atoms with Crippen molar-refractivity contribution in [1.82, 2.24) is 4.57 Å². The Balaban J connectivity index is 1.69. The molecule has 5 rings (SSSR count). The van der Waals surface area contributed by atoms with E-state index >= 15 is 0 Å². The summed E-state index contributed by atoms with van der Waals surface area (Å²) in [4.78, 5) is 32.1. The van der Waals surface area contributed by atoms with Crippen molar-refractivity contribution in [1.29, 1.82) is 0 Å². The van der Waals surface area contributed by atoms with Gasteiger partial charge in [0.2, 0.25) is 0 Å². The standard InChI is InChI=1S/C30H26N2O4S/c1-4-17-36-23-15-13-21(14-16-23)27-26(29(34)35-5-2)19(3)31-30-32(27)28(33)25(37-30)18-22-11-8-10-20-9-6-7-12-24(20)22/h4,6-16,18,27H,1,5,17H2,2-3H3/b25-18-. The molecule has 7 heteroatoms. The Hall–Kier alpha value is -4.23. The predicted octanol–water partition coefficient (Wildman–Crippen LogP) is 4.52. The van der Waals surface area contributed by atoms with E-state index in [1.54, 1.807) is 24.5 Å². The fourth-order valence-corrected chi connectivity index (χ4v) is 5.56. The number of carbonyl (C=O) groups is 1. The zero-order chi connectivity index (χ0) is 25.9. The Labute approximate surface area is 218 Å². The highest BCUT2D eigenvalue weighted by atomic mass is 32.1. The minimum atomic E-state index is -0.668. The summed E-state index contributed by atoms with van der Waals surface area (Å²) in [6.45, 7) is 7.82. The lowest BCUT2D eigenvalue weighted by atomic mass is 9.96. The molecule has 3 aromatic carbocycles. The number of allylic oxidation sites excluding steroid dienone is 1. The normalized spacial score (nSPS) is 15.3. The van der Waals surface area contributed by atoms with E-state index < -0.39 is 12.0 Å². The van der Waals surface area contributed by atoms with Crippen LogP contribution >= 0.6 is 11.3 Å². The van der Waals surface area contributed by atoms with Gasteiger partial charge in [-0.3, -0.25) is 9.36 Å². The number of aromatic nitrogens is 1. The number of ether oxygens (including phenoxy) is 2. The Morgan fingerprint density at radius 2 is 1.86 bits per heavy atom. The van der Waals surface area contributed by atoms with Gasteiger partial charge in [-0.2, -0.15) is 0 Å². The van der Waals surface area contributed by atoms with Crippen LogP contribution in [0.4, 0.5) is 0 Å². The fraction of sp³-hybridized carbons (Fsp3) is 0.167. The molecule has 1 aromatic heterocycles. The highest BCUT2D eigenvalue weighted by molar-refractivity contribution is 7.07. The molecule has 2 heterocycles. The first kappa shape index (κ1) is 24.5. The Kier molecular flexibility index (Phi) is 6.88. The summed E-state index contributed by atoms with van der Waals surface area (Å²) in [6, 6.07) is 20.8. The molecule has 1 aliphatic heterocycles. The van der Waals surface area contributed by atoms with Gasteiger partial charge < -0.3 is 9.47 Å². The molecule has 0 N–H and O–H groups in total. The molecule has 0 saturated heterocycles. The van der Waals surface area contributed by atoms with Crippen LogP contribution in [0.25, 0.3) is 16.8 Å². The van der Waals surface area contributed by atoms with Crippen LogP contribution in [0, 0.1) is 0 Å². The van der Waals surface area contributed by atoms with E-state index in [0.717, 1.165) is 21.9 Å². The van der Waals surface area contributed by atoms with Crippen molar-refractivity contribution < 1.29 is 14.3 Å². The summed E-state index contributed by atoms with van der Waals surface area (Å²) in [5, 5.41) is 2.16. The zero-order valence-electron chi connectivity index (χ0n) is 20.6. The van der Waals surface area contributed by atoms with E-state index in [4.69, 9.17) is 9.47 Å². The van der Waals surface area contributed by atoms with Crippen molar-refractivity contribution in [2.75, 3.05) is 13.2 Å². The minimum Gasteiger partial charge on any atom is -0.490 e. The van der Waals surface area contributed by atoms with Gasteiger partial charge in [-0.15, -0.1) is 0 Å². The van der Waals surface area contributed by atoms with E-state index in [1.807, 2.05) is 72.8 Å². The van der Waals surface area contributed by atoms with Gasteiger partial charge in [0, 0.05) is 0 Å². The Morgan fingerprint density at radius 3 is 2.62 bits per heavy atom. The maximum atomic E-state index is 13.9. The maximum Gasteiger partial charge on any atom is 0.338 e. The van der Waals surface area contributed by atoms with Crippen molar-refractivity contribution in [2.24, 2.45) is 4.99 Å². The van der Waals surface area contributed by atoms with Crippen molar-refractivity contribution >= 4 is 34.2 Å². The third-order valence-electron chi connectivity index (χ3n) is 6.19. The average molecular weight is 511 g/mol. The van der Waals surface area contributed by atoms with Crippen LogP contribution in [0.2, 0.25) is 0 Å². The quantitative estimate of drug-likeness (QED) is 0.271. The van der Waals surface area contributed by atoms with Crippen molar-refractivity contribution in [3.8, 4) is 5.75 Å². The van der Waals surface area contributed by atoms with Gasteiger partial charge in [0.1, 0.15) is 12.4 Å². The molecule has 1 atom stereocenters. The van der Waals surface area contributed by atoms with Gasteiger partial charge in [0.25, 0.3) is 5.56 Å². The third kappa shape index (κ3) is 4.66. The van der Waals surface area contributed by atoms with E-state index in [-0.39, 0.29) is 12.2 Å². The predicted molar refractivity (Wildman–Crippen MR) is 146 cm³/mol. The number of rotatable bonds is 7. The summed E-state index contributed by atoms with van der Waals surface area (Å²) in [5.74, 6) is 0.189. The van der Waals surface area contributed by atoms with Crippen molar-refractivity contribution in [2.45, 2.75) is 19.9 Å². The van der Waals surface area contributed by atoms with Crippen LogP contribution in [0.1, 0.15) is 31.0 Å². The second kappa shape index (κ2) is 10.4. The van der Waals surface area contributed by atoms with Crippen LogP contribution in [-0.4, -0.2) is 23.8 Å². The van der Waals surface area contributed by atoms with Crippen LogP contribution < -0.4 is 19.6 Å². The van der Waals surface area contributed by atoms with E-state index in [1.165, 1.54) is 11.3 Å². The first-order chi connectivity index (χ1) is 18.0. The van der Waals surface area contributed by atoms with Gasteiger partial charge in [-0.05, 0) is 54.0 Å². The second-order valence-electron chi connectivity index (χ2n) is 8.54. The van der Waals surface area contributed by atoms with E-state index in [9.17, 15) is 9.59 Å². The summed E-state index contributed by atoms with van der Waals surface area (Å²) in [7, 11) is 0. The monoisotopic (exact) mass is 510 g/mol. The van der Waals surface area contributed by atoms with Crippen LogP contribution in [0.3, 0.4) is 0 Å². The molecule has 0 bridgehead atoms. The fourth-order valence-electron chi connectivity index (χ4n) is 4.53. The first-order valence-corrected chi connectivity index (χ1v) is 12.8. The Bertz CT molecular complexity index is 1710. The number of hydrogen-bond donors (Lipinski definition) is 0. The molecule has 0 radical (unpaired) electrons. The molecule has 0 amide bonds. The lowest BCUT2D eigenvalue weighted by Crippen LogP contribution is -2.39. The van der Waals surface area contributed by atoms with E-state index in [0.29, 0.717) is 33.0 Å². The molecule has 0 saturated carbocycles. The van der Waals surface area contributed by atoms with Gasteiger partial charge in [0.05, 0.1) is 28.5 Å². The molecule has 37 heavy (non-hydrogen) atoms. The molecule has 1 aliphatic rings. The largest absolute Gasteiger partial charge is 0.490 e.